The normalized spacial score (nSPS) is 10.7. The molecule has 4 heteroatoms. The van der Waals surface area contributed by atoms with Crippen molar-refractivity contribution in [3.8, 4) is 5.75 Å². The Hall–Kier alpha value is -1.55. The van der Waals surface area contributed by atoms with Crippen LogP contribution in [0.25, 0.3) is 0 Å². The molecule has 0 heterocycles. The lowest BCUT2D eigenvalue weighted by molar-refractivity contribution is 0.0691. The third-order valence-corrected chi connectivity index (χ3v) is 2.17. The number of hydrogen-bond acceptors (Lipinski definition) is 3. The third-order valence-electron chi connectivity index (χ3n) is 2.17. The maximum atomic E-state index is 10.8. The fourth-order valence-corrected chi connectivity index (χ4v) is 1.37. The summed E-state index contributed by atoms with van der Waals surface area (Å²) < 4.78 is 5.34. The van der Waals surface area contributed by atoms with Crippen molar-refractivity contribution in [1.82, 2.24) is 0 Å². The maximum Gasteiger partial charge on any atom is 0.339 e. The van der Waals surface area contributed by atoms with Gasteiger partial charge in [-0.2, -0.15) is 0 Å². The van der Waals surface area contributed by atoms with Gasteiger partial charge < -0.3 is 14.9 Å². The zero-order valence-electron chi connectivity index (χ0n) is 9.43. The smallest absolute Gasteiger partial charge is 0.339 e. The van der Waals surface area contributed by atoms with E-state index in [1.807, 2.05) is 13.8 Å². The van der Waals surface area contributed by atoms with Crippen molar-refractivity contribution in [3.05, 3.63) is 29.3 Å². The van der Waals surface area contributed by atoms with Crippen LogP contribution < -0.4 is 0 Å². The Morgan fingerprint density at radius 3 is 2.69 bits per heavy atom. The monoisotopic (exact) mass is 224 g/mol. The molecule has 2 N–H and O–H groups in total. The van der Waals surface area contributed by atoms with Crippen LogP contribution >= 0.6 is 0 Å². The fourth-order valence-electron chi connectivity index (χ4n) is 1.37. The number of aromatic carboxylic acids is 1. The molecule has 0 spiro atoms. The lowest BCUT2D eigenvalue weighted by Crippen LogP contribution is -2.07. The van der Waals surface area contributed by atoms with Crippen molar-refractivity contribution in [1.29, 1.82) is 0 Å². The zero-order valence-corrected chi connectivity index (χ0v) is 9.43. The van der Waals surface area contributed by atoms with Crippen LogP contribution in [0.15, 0.2) is 18.2 Å². The van der Waals surface area contributed by atoms with Crippen molar-refractivity contribution >= 4 is 5.97 Å². The zero-order chi connectivity index (χ0) is 12.1. The SMILES string of the molecule is CC(C)OCCc1cccc(C(=O)O)c1O. The van der Waals surface area contributed by atoms with Crippen LogP contribution in [0.3, 0.4) is 0 Å². The number of hydrogen-bond donors (Lipinski definition) is 2. The molecule has 16 heavy (non-hydrogen) atoms. The highest BCUT2D eigenvalue weighted by Gasteiger charge is 2.12. The predicted octanol–water partition coefficient (Wildman–Crippen LogP) is 2.06. The second kappa shape index (κ2) is 5.51. The van der Waals surface area contributed by atoms with Crippen LogP contribution in [0.1, 0.15) is 29.8 Å². The molecule has 4 nitrogen and oxygen atoms in total. The molecular formula is C12H16O4. The van der Waals surface area contributed by atoms with Gasteiger partial charge in [-0.1, -0.05) is 12.1 Å². The van der Waals surface area contributed by atoms with E-state index in [2.05, 4.69) is 0 Å². The van der Waals surface area contributed by atoms with Gasteiger partial charge in [0.25, 0.3) is 0 Å². The number of carbonyl (C=O) groups is 1. The standard InChI is InChI=1S/C12H16O4/c1-8(2)16-7-6-9-4-3-5-10(11(9)13)12(14)15/h3-5,8,13H,6-7H2,1-2H3,(H,14,15). The summed E-state index contributed by atoms with van der Waals surface area (Å²) in [6, 6.07) is 4.70. The summed E-state index contributed by atoms with van der Waals surface area (Å²) in [5.74, 6) is -1.29. The van der Waals surface area contributed by atoms with E-state index in [9.17, 15) is 9.90 Å². The number of aromatic hydroxyl groups is 1. The fraction of sp³-hybridized carbons (Fsp3) is 0.417. The van der Waals surface area contributed by atoms with E-state index in [0.717, 1.165) is 0 Å². The lowest BCUT2D eigenvalue weighted by atomic mass is 10.1. The van der Waals surface area contributed by atoms with Gasteiger partial charge in [-0.15, -0.1) is 0 Å². The topological polar surface area (TPSA) is 66.8 Å². The van der Waals surface area contributed by atoms with Crippen molar-refractivity contribution in [2.75, 3.05) is 6.61 Å². The summed E-state index contributed by atoms with van der Waals surface area (Å²) in [5.41, 5.74) is 0.530. The van der Waals surface area contributed by atoms with Crippen molar-refractivity contribution in [2.45, 2.75) is 26.4 Å². The summed E-state index contributed by atoms with van der Waals surface area (Å²) >= 11 is 0. The van der Waals surface area contributed by atoms with E-state index in [-0.39, 0.29) is 17.4 Å². The summed E-state index contributed by atoms with van der Waals surface area (Å²) in [6.07, 6.45) is 0.635. The minimum absolute atomic E-state index is 0.0675. The van der Waals surface area contributed by atoms with Gasteiger partial charge in [0.2, 0.25) is 0 Å². The highest BCUT2D eigenvalue weighted by atomic mass is 16.5. The molecule has 0 aromatic heterocycles. The van der Waals surface area contributed by atoms with Crippen LogP contribution in [0.5, 0.6) is 5.75 Å². The molecule has 1 rings (SSSR count). The molecular weight excluding hydrogens is 208 g/mol. The minimum atomic E-state index is -1.12. The second-order valence-electron chi connectivity index (χ2n) is 3.79. The quantitative estimate of drug-likeness (QED) is 0.803. The Kier molecular flexibility index (Phi) is 4.31. The van der Waals surface area contributed by atoms with Gasteiger partial charge in [0.05, 0.1) is 12.7 Å². The van der Waals surface area contributed by atoms with Gasteiger partial charge in [0.15, 0.2) is 0 Å². The Bertz CT molecular complexity index is 371. The minimum Gasteiger partial charge on any atom is -0.507 e. The molecule has 0 aliphatic heterocycles. The number of ether oxygens (including phenoxy) is 1. The number of benzene rings is 1. The van der Waals surface area contributed by atoms with E-state index < -0.39 is 5.97 Å². The Balaban J connectivity index is 2.73. The molecule has 0 amide bonds. The molecule has 0 atom stereocenters. The van der Waals surface area contributed by atoms with Crippen LogP contribution in [-0.2, 0) is 11.2 Å². The molecule has 0 fully saturated rings. The summed E-state index contributed by atoms with van der Waals surface area (Å²) in [4.78, 5) is 10.8. The first-order chi connectivity index (χ1) is 7.52. The molecule has 88 valence electrons. The number of phenols is 1. The molecule has 0 aliphatic carbocycles. The summed E-state index contributed by atoms with van der Waals surface area (Å²) in [6.45, 7) is 4.31. The van der Waals surface area contributed by atoms with E-state index in [0.29, 0.717) is 18.6 Å². The molecule has 0 saturated heterocycles. The number of carboxylic acids is 1. The number of para-hydroxylation sites is 1. The molecule has 0 unspecified atom stereocenters. The van der Waals surface area contributed by atoms with Crippen LogP contribution in [0.4, 0.5) is 0 Å². The van der Waals surface area contributed by atoms with Gasteiger partial charge in [0, 0.05) is 0 Å². The second-order valence-corrected chi connectivity index (χ2v) is 3.79. The Morgan fingerprint density at radius 2 is 2.12 bits per heavy atom. The van der Waals surface area contributed by atoms with Crippen LogP contribution in [0.2, 0.25) is 0 Å². The lowest BCUT2D eigenvalue weighted by Gasteiger charge is -2.09. The van der Waals surface area contributed by atoms with Gasteiger partial charge in [-0.3, -0.25) is 0 Å². The molecule has 0 radical (unpaired) electrons. The molecule has 1 aromatic carbocycles. The van der Waals surface area contributed by atoms with Gasteiger partial charge in [-0.05, 0) is 31.9 Å². The molecule has 0 saturated carbocycles. The summed E-state index contributed by atoms with van der Waals surface area (Å²) in [5, 5.41) is 18.5. The van der Waals surface area contributed by atoms with Crippen molar-refractivity contribution < 1.29 is 19.7 Å². The Morgan fingerprint density at radius 1 is 1.44 bits per heavy atom. The van der Waals surface area contributed by atoms with Gasteiger partial charge >= 0.3 is 5.97 Å². The van der Waals surface area contributed by atoms with Crippen LogP contribution in [0, 0.1) is 0 Å². The van der Waals surface area contributed by atoms with Gasteiger partial charge in [-0.25, -0.2) is 4.79 Å². The first kappa shape index (κ1) is 12.5. The third kappa shape index (κ3) is 3.24. The van der Waals surface area contributed by atoms with E-state index >= 15 is 0 Å². The Labute approximate surface area is 94.5 Å². The molecule has 1 aromatic rings. The molecule has 0 bridgehead atoms. The summed E-state index contributed by atoms with van der Waals surface area (Å²) in [7, 11) is 0. The van der Waals surface area contributed by atoms with Crippen molar-refractivity contribution in [3.63, 3.8) is 0 Å². The van der Waals surface area contributed by atoms with E-state index in [4.69, 9.17) is 9.84 Å². The van der Waals surface area contributed by atoms with Crippen molar-refractivity contribution in [2.24, 2.45) is 0 Å². The highest BCUT2D eigenvalue weighted by Crippen LogP contribution is 2.22. The largest absolute Gasteiger partial charge is 0.507 e. The maximum absolute atomic E-state index is 10.8. The first-order valence-corrected chi connectivity index (χ1v) is 5.18. The number of carboxylic acid groups (broad SMARTS) is 1. The van der Waals surface area contributed by atoms with Gasteiger partial charge in [0.1, 0.15) is 11.3 Å². The van der Waals surface area contributed by atoms with E-state index in [1.54, 1.807) is 12.1 Å². The van der Waals surface area contributed by atoms with Crippen LogP contribution in [-0.4, -0.2) is 28.9 Å². The average molecular weight is 224 g/mol. The number of rotatable bonds is 5. The highest BCUT2D eigenvalue weighted by molar-refractivity contribution is 5.91. The molecule has 0 aliphatic rings. The predicted molar refractivity (Wildman–Crippen MR) is 59.9 cm³/mol. The average Bonchev–Trinajstić information content (AvgIpc) is 2.19. The van der Waals surface area contributed by atoms with E-state index in [1.165, 1.54) is 6.07 Å². The first-order valence-electron chi connectivity index (χ1n) is 5.18.